The van der Waals surface area contributed by atoms with E-state index in [1.165, 1.54) is 0 Å². The normalized spacial score (nSPS) is 9.32. The number of carboxylic acid groups (broad SMARTS) is 1. The molecule has 0 fully saturated rings. The van der Waals surface area contributed by atoms with Crippen LogP contribution in [-0.4, -0.2) is 59.7 Å². The van der Waals surface area contributed by atoms with E-state index in [4.69, 9.17) is 24.8 Å². The number of aliphatic hydroxyl groups is 2. The minimum atomic E-state index is -0.711. The smallest absolute Gasteiger partial charge is 0.305 e. The zero-order valence-corrected chi connectivity index (χ0v) is 17.8. The number of carbonyl (C=O) groups excluding carboxylic acids is 2. The van der Waals surface area contributed by atoms with Gasteiger partial charge in [0.15, 0.2) is 0 Å². The quantitative estimate of drug-likeness (QED) is 0.295. The van der Waals surface area contributed by atoms with Crippen LogP contribution in [0, 0.1) is 0 Å². The lowest BCUT2D eigenvalue weighted by Crippen LogP contribution is -2.08. The summed E-state index contributed by atoms with van der Waals surface area (Å²) >= 11 is 0. The first-order chi connectivity index (χ1) is 13.4. The van der Waals surface area contributed by atoms with Crippen molar-refractivity contribution in [3.05, 3.63) is 0 Å². The van der Waals surface area contributed by atoms with Gasteiger partial charge in [-0.15, -0.1) is 0 Å². The average molecular weight is 409 g/mol. The second-order valence-electron chi connectivity index (χ2n) is 5.90. The minimum absolute atomic E-state index is 0.0938. The van der Waals surface area contributed by atoms with Crippen molar-refractivity contribution in [2.24, 2.45) is 0 Å². The molecule has 0 amide bonds. The maximum atomic E-state index is 11.2. The lowest BCUT2D eigenvalue weighted by atomic mass is 10.2. The van der Waals surface area contributed by atoms with Crippen molar-refractivity contribution in [2.75, 3.05) is 26.4 Å². The standard InChI is InChI=1S/C13H24O4.C4H8O2.C3H8O2/c1-3-5-6-9-13(15)17-11-8-7-10-16-12(14)4-2;1-2-3-4(5)6;4-2-1-3-5/h3-11H2,1-2H3;2-3H2,1H3,(H,5,6);4-5H,1-3H2. The highest BCUT2D eigenvalue weighted by molar-refractivity contribution is 5.69. The van der Waals surface area contributed by atoms with Crippen LogP contribution in [0.2, 0.25) is 0 Å². The molecule has 0 radical (unpaired) electrons. The number of carboxylic acids is 1. The van der Waals surface area contributed by atoms with Crippen molar-refractivity contribution in [3.63, 3.8) is 0 Å². The van der Waals surface area contributed by atoms with Crippen molar-refractivity contribution < 1.29 is 39.2 Å². The van der Waals surface area contributed by atoms with Gasteiger partial charge in [0, 0.05) is 32.5 Å². The zero-order valence-electron chi connectivity index (χ0n) is 17.8. The Labute approximate surface area is 169 Å². The number of aliphatic hydroxyl groups excluding tert-OH is 2. The summed E-state index contributed by atoms with van der Waals surface area (Å²) in [4.78, 5) is 31.6. The number of esters is 2. The molecule has 3 N–H and O–H groups in total. The van der Waals surface area contributed by atoms with Gasteiger partial charge in [0.2, 0.25) is 0 Å². The average Bonchev–Trinajstić information content (AvgIpc) is 2.66. The highest BCUT2D eigenvalue weighted by Gasteiger charge is 2.02. The van der Waals surface area contributed by atoms with Crippen molar-refractivity contribution in [2.45, 2.75) is 85.0 Å². The molecular formula is C20H40O8. The molecule has 0 bridgehead atoms. The van der Waals surface area contributed by atoms with Crippen molar-refractivity contribution in [3.8, 4) is 0 Å². The van der Waals surface area contributed by atoms with E-state index in [2.05, 4.69) is 6.92 Å². The van der Waals surface area contributed by atoms with Crippen LogP contribution in [0.1, 0.15) is 85.0 Å². The van der Waals surface area contributed by atoms with E-state index >= 15 is 0 Å². The van der Waals surface area contributed by atoms with Gasteiger partial charge < -0.3 is 24.8 Å². The molecule has 0 aromatic rings. The second-order valence-corrected chi connectivity index (χ2v) is 5.90. The molecule has 0 rings (SSSR count). The molecule has 0 aliphatic rings. The topological polar surface area (TPSA) is 130 Å². The first kappa shape index (κ1) is 31.0. The van der Waals surface area contributed by atoms with Crippen molar-refractivity contribution in [1.29, 1.82) is 0 Å². The molecule has 0 saturated carbocycles. The third-order valence-electron chi connectivity index (χ3n) is 3.12. The lowest BCUT2D eigenvalue weighted by Gasteiger charge is -2.05. The zero-order chi connectivity index (χ0) is 22.0. The van der Waals surface area contributed by atoms with Crippen LogP contribution in [0.4, 0.5) is 0 Å². The molecule has 8 nitrogen and oxygen atoms in total. The van der Waals surface area contributed by atoms with E-state index in [1.807, 2.05) is 6.92 Å². The Morgan fingerprint density at radius 1 is 0.679 bits per heavy atom. The van der Waals surface area contributed by atoms with E-state index in [0.717, 1.165) is 38.5 Å². The van der Waals surface area contributed by atoms with Gasteiger partial charge >= 0.3 is 17.9 Å². The summed E-state index contributed by atoms with van der Waals surface area (Å²) in [6.07, 6.45) is 7.02. The molecule has 0 aromatic heterocycles. The number of aliphatic carboxylic acids is 1. The Hall–Kier alpha value is -1.67. The van der Waals surface area contributed by atoms with Crippen molar-refractivity contribution >= 4 is 17.9 Å². The largest absolute Gasteiger partial charge is 0.481 e. The Bertz CT molecular complexity index is 356. The van der Waals surface area contributed by atoms with E-state index in [-0.39, 0.29) is 25.2 Å². The number of hydrogen-bond donors (Lipinski definition) is 3. The molecule has 0 atom stereocenters. The SMILES string of the molecule is CCCC(=O)O.CCCCCC(=O)OCCCCOC(=O)CC.OCCCO. The summed E-state index contributed by atoms with van der Waals surface area (Å²) < 4.78 is 9.94. The van der Waals surface area contributed by atoms with E-state index < -0.39 is 5.97 Å². The molecule has 28 heavy (non-hydrogen) atoms. The van der Waals surface area contributed by atoms with E-state index in [0.29, 0.717) is 38.9 Å². The van der Waals surface area contributed by atoms with Crippen LogP contribution in [-0.2, 0) is 23.9 Å². The maximum Gasteiger partial charge on any atom is 0.305 e. The van der Waals surface area contributed by atoms with Crippen LogP contribution in [0.5, 0.6) is 0 Å². The van der Waals surface area contributed by atoms with Gasteiger partial charge in [0.05, 0.1) is 13.2 Å². The molecule has 0 spiro atoms. The molecular weight excluding hydrogens is 368 g/mol. The Morgan fingerprint density at radius 2 is 1.21 bits per heavy atom. The van der Waals surface area contributed by atoms with Crippen LogP contribution in [0.3, 0.4) is 0 Å². The third-order valence-corrected chi connectivity index (χ3v) is 3.12. The van der Waals surface area contributed by atoms with E-state index in [9.17, 15) is 14.4 Å². The minimum Gasteiger partial charge on any atom is -0.481 e. The molecule has 0 saturated heterocycles. The van der Waals surface area contributed by atoms with Gasteiger partial charge in [-0.05, 0) is 32.1 Å². The summed E-state index contributed by atoms with van der Waals surface area (Å²) in [7, 11) is 0. The predicted molar refractivity (Wildman–Crippen MR) is 107 cm³/mol. The van der Waals surface area contributed by atoms with Crippen LogP contribution < -0.4 is 0 Å². The predicted octanol–water partition coefficient (Wildman–Crippen LogP) is 3.08. The third kappa shape index (κ3) is 35.4. The van der Waals surface area contributed by atoms with Gasteiger partial charge in [-0.1, -0.05) is 33.6 Å². The summed E-state index contributed by atoms with van der Waals surface area (Å²) in [5.41, 5.74) is 0. The monoisotopic (exact) mass is 408 g/mol. The number of carbonyl (C=O) groups is 3. The Morgan fingerprint density at radius 3 is 1.54 bits per heavy atom. The maximum absolute atomic E-state index is 11.2. The lowest BCUT2D eigenvalue weighted by molar-refractivity contribution is -0.146. The Kier molecular flexibility index (Phi) is 30.5. The number of ether oxygens (including phenoxy) is 2. The number of unbranched alkanes of at least 4 members (excludes halogenated alkanes) is 3. The fourth-order valence-corrected chi connectivity index (χ4v) is 1.55. The van der Waals surface area contributed by atoms with Crippen molar-refractivity contribution in [1.82, 2.24) is 0 Å². The number of hydrogen-bond acceptors (Lipinski definition) is 7. The molecule has 0 heterocycles. The summed E-state index contributed by atoms with van der Waals surface area (Å²) in [6, 6.07) is 0. The van der Waals surface area contributed by atoms with Gasteiger partial charge in [-0.2, -0.15) is 0 Å². The van der Waals surface area contributed by atoms with Gasteiger partial charge in [-0.25, -0.2) is 0 Å². The second kappa shape index (κ2) is 27.5. The van der Waals surface area contributed by atoms with Gasteiger partial charge in [-0.3, -0.25) is 14.4 Å². The van der Waals surface area contributed by atoms with Gasteiger partial charge in [0.1, 0.15) is 0 Å². The molecule has 0 aromatic carbocycles. The van der Waals surface area contributed by atoms with Crippen LogP contribution in [0.25, 0.3) is 0 Å². The summed E-state index contributed by atoms with van der Waals surface area (Å²) in [6.45, 7) is 6.74. The van der Waals surface area contributed by atoms with Crippen LogP contribution in [0.15, 0.2) is 0 Å². The number of rotatable bonds is 14. The molecule has 0 aliphatic carbocycles. The highest BCUT2D eigenvalue weighted by Crippen LogP contribution is 2.01. The first-order valence-electron chi connectivity index (χ1n) is 10.1. The van der Waals surface area contributed by atoms with E-state index in [1.54, 1.807) is 6.92 Å². The molecule has 0 unspecified atom stereocenters. The van der Waals surface area contributed by atoms with Crippen LogP contribution >= 0.6 is 0 Å². The molecule has 8 heteroatoms. The Balaban J connectivity index is -0.000000464. The molecule has 168 valence electrons. The highest BCUT2D eigenvalue weighted by atomic mass is 16.5. The summed E-state index contributed by atoms with van der Waals surface area (Å²) in [5.74, 6) is -1.01. The first-order valence-corrected chi connectivity index (χ1v) is 10.1. The molecule has 0 aliphatic heterocycles. The fourth-order valence-electron chi connectivity index (χ4n) is 1.55. The fraction of sp³-hybridized carbons (Fsp3) is 0.850. The van der Waals surface area contributed by atoms with Gasteiger partial charge in [0.25, 0.3) is 0 Å². The summed E-state index contributed by atoms with van der Waals surface area (Å²) in [5, 5.41) is 23.7.